The van der Waals surface area contributed by atoms with Crippen LogP contribution in [0.2, 0.25) is 0 Å². The zero-order valence-electron chi connectivity index (χ0n) is 10.2. The molecule has 0 fully saturated rings. The van der Waals surface area contributed by atoms with E-state index < -0.39 is 20.9 Å². The first kappa shape index (κ1) is 14.0. The van der Waals surface area contributed by atoms with Crippen molar-refractivity contribution >= 4 is 9.84 Å². The van der Waals surface area contributed by atoms with Crippen LogP contribution in [0.5, 0.6) is 5.75 Å². The summed E-state index contributed by atoms with van der Waals surface area (Å²) in [4.78, 5) is 0. The Balaban J connectivity index is 2.60. The lowest BCUT2D eigenvalue weighted by Crippen LogP contribution is -2.22. The minimum Gasteiger partial charge on any atom is -0.492 e. The van der Waals surface area contributed by atoms with Gasteiger partial charge in [-0.05, 0) is 32.4 Å². The van der Waals surface area contributed by atoms with Crippen molar-refractivity contribution in [2.24, 2.45) is 0 Å². The van der Waals surface area contributed by atoms with Gasteiger partial charge in [0.25, 0.3) is 0 Å². The summed E-state index contributed by atoms with van der Waals surface area (Å²) in [5, 5.41) is -0.417. The van der Waals surface area contributed by atoms with Gasteiger partial charge in [0, 0.05) is 6.07 Å². The first-order valence-electron chi connectivity index (χ1n) is 5.43. The van der Waals surface area contributed by atoms with Gasteiger partial charge in [0.1, 0.15) is 18.2 Å². The molecule has 0 bridgehead atoms. The molecule has 17 heavy (non-hydrogen) atoms. The minimum atomic E-state index is -3.11. The Morgan fingerprint density at radius 1 is 1.35 bits per heavy atom. The lowest BCUT2D eigenvalue weighted by Gasteiger charge is -2.11. The molecule has 0 saturated carbocycles. The fourth-order valence-corrected chi connectivity index (χ4v) is 2.02. The zero-order valence-corrected chi connectivity index (χ0v) is 11.1. The second kappa shape index (κ2) is 5.49. The highest BCUT2D eigenvalue weighted by Crippen LogP contribution is 2.18. The summed E-state index contributed by atoms with van der Waals surface area (Å²) < 4.78 is 41.3. The van der Waals surface area contributed by atoms with Crippen LogP contribution >= 0.6 is 0 Å². The van der Waals surface area contributed by atoms with Crippen LogP contribution in [0.15, 0.2) is 18.2 Å². The van der Waals surface area contributed by atoms with Crippen LogP contribution < -0.4 is 4.74 Å². The maximum atomic E-state index is 12.9. The van der Waals surface area contributed by atoms with Crippen molar-refractivity contribution in [3.8, 4) is 5.75 Å². The van der Waals surface area contributed by atoms with Crippen molar-refractivity contribution in [1.29, 1.82) is 0 Å². The fraction of sp³-hybridized carbons (Fsp3) is 0.500. The lowest BCUT2D eigenvalue weighted by molar-refractivity contribution is 0.336. The maximum Gasteiger partial charge on any atom is 0.155 e. The van der Waals surface area contributed by atoms with Crippen LogP contribution in [0.1, 0.15) is 19.4 Å². The Morgan fingerprint density at radius 3 is 2.59 bits per heavy atom. The predicted octanol–water partition coefficient (Wildman–Crippen LogP) is 2.34. The summed E-state index contributed by atoms with van der Waals surface area (Å²) in [6, 6.07) is 4.20. The van der Waals surface area contributed by atoms with Gasteiger partial charge in [0.2, 0.25) is 0 Å². The first-order chi connectivity index (χ1) is 7.83. The third kappa shape index (κ3) is 4.00. The Morgan fingerprint density at radius 2 is 2.00 bits per heavy atom. The van der Waals surface area contributed by atoms with Crippen LogP contribution in [-0.4, -0.2) is 26.0 Å². The Labute approximate surface area is 102 Å². The average Bonchev–Trinajstić information content (AvgIpc) is 2.22. The normalized spacial score (nSPS) is 11.8. The highest BCUT2D eigenvalue weighted by atomic mass is 32.2. The molecule has 0 aliphatic carbocycles. The van der Waals surface area contributed by atoms with Crippen LogP contribution in [0.25, 0.3) is 0 Å². The summed E-state index contributed by atoms with van der Waals surface area (Å²) in [6.07, 6.45) is 0. The monoisotopic (exact) mass is 260 g/mol. The summed E-state index contributed by atoms with van der Waals surface area (Å²) in [6.45, 7) is 5.09. The Hall–Kier alpha value is -1.10. The van der Waals surface area contributed by atoms with Gasteiger partial charge in [-0.2, -0.15) is 0 Å². The number of benzene rings is 1. The second-order valence-electron chi connectivity index (χ2n) is 4.17. The van der Waals surface area contributed by atoms with Crippen molar-refractivity contribution < 1.29 is 17.5 Å². The quantitative estimate of drug-likeness (QED) is 0.816. The second-order valence-corrected chi connectivity index (χ2v) is 6.85. The largest absolute Gasteiger partial charge is 0.492 e. The van der Waals surface area contributed by atoms with Gasteiger partial charge < -0.3 is 4.74 Å². The van der Waals surface area contributed by atoms with E-state index in [1.165, 1.54) is 12.1 Å². The van der Waals surface area contributed by atoms with Crippen LogP contribution in [0.4, 0.5) is 4.39 Å². The number of aryl methyl sites for hydroxylation is 1. The van der Waals surface area contributed by atoms with E-state index in [4.69, 9.17) is 4.74 Å². The molecule has 1 aromatic rings. The fourth-order valence-electron chi connectivity index (χ4n) is 1.23. The van der Waals surface area contributed by atoms with Crippen molar-refractivity contribution in [1.82, 2.24) is 0 Å². The van der Waals surface area contributed by atoms with Gasteiger partial charge in [0.05, 0.1) is 11.0 Å². The molecule has 0 atom stereocenters. The van der Waals surface area contributed by atoms with Crippen molar-refractivity contribution in [3.63, 3.8) is 0 Å². The number of rotatable bonds is 5. The molecule has 0 radical (unpaired) electrons. The molecule has 0 saturated heterocycles. The summed E-state index contributed by atoms with van der Waals surface area (Å²) in [5.41, 5.74) is 0.786. The number of hydrogen-bond acceptors (Lipinski definition) is 3. The highest BCUT2D eigenvalue weighted by molar-refractivity contribution is 7.91. The molecule has 3 nitrogen and oxygen atoms in total. The Kier molecular flexibility index (Phi) is 4.51. The van der Waals surface area contributed by atoms with E-state index in [1.807, 2.05) is 0 Å². The molecule has 0 amide bonds. The maximum absolute atomic E-state index is 12.9. The highest BCUT2D eigenvalue weighted by Gasteiger charge is 2.16. The van der Waals surface area contributed by atoms with E-state index in [0.29, 0.717) is 5.75 Å². The topological polar surface area (TPSA) is 43.4 Å². The molecule has 0 aromatic heterocycles. The number of sulfone groups is 1. The van der Waals surface area contributed by atoms with Gasteiger partial charge in [-0.1, -0.05) is 6.07 Å². The van der Waals surface area contributed by atoms with Crippen molar-refractivity contribution in [3.05, 3.63) is 29.6 Å². The first-order valence-corrected chi connectivity index (χ1v) is 7.15. The molecule has 0 unspecified atom stereocenters. The number of ether oxygens (including phenoxy) is 1. The van der Waals surface area contributed by atoms with Gasteiger partial charge in [-0.3, -0.25) is 0 Å². The van der Waals surface area contributed by atoms with Gasteiger partial charge in [0.15, 0.2) is 9.84 Å². The molecule has 0 heterocycles. The van der Waals surface area contributed by atoms with Crippen LogP contribution in [0.3, 0.4) is 0 Å². The number of hydrogen-bond donors (Lipinski definition) is 0. The van der Waals surface area contributed by atoms with E-state index in [0.717, 1.165) is 5.56 Å². The minimum absolute atomic E-state index is 0.0464. The van der Waals surface area contributed by atoms with Crippen molar-refractivity contribution in [2.75, 3.05) is 12.4 Å². The standard InChI is InChI=1S/C12H17FO3S/c1-9(2)17(14,15)7-6-16-12-8-11(13)5-4-10(12)3/h4-5,8-9H,6-7H2,1-3H3. The average molecular weight is 260 g/mol. The summed E-state index contributed by atoms with van der Waals surface area (Å²) in [7, 11) is -3.11. The zero-order chi connectivity index (χ0) is 13.1. The van der Waals surface area contributed by atoms with Crippen LogP contribution in [-0.2, 0) is 9.84 Å². The molecule has 0 N–H and O–H groups in total. The molecule has 96 valence electrons. The van der Waals surface area contributed by atoms with Crippen molar-refractivity contribution in [2.45, 2.75) is 26.0 Å². The third-order valence-corrected chi connectivity index (χ3v) is 4.67. The third-order valence-electron chi connectivity index (χ3n) is 2.49. The van der Waals surface area contributed by atoms with E-state index in [2.05, 4.69) is 0 Å². The lowest BCUT2D eigenvalue weighted by atomic mass is 10.2. The van der Waals surface area contributed by atoms with E-state index >= 15 is 0 Å². The Bertz CT molecular complexity index is 481. The van der Waals surface area contributed by atoms with Crippen LogP contribution in [0, 0.1) is 12.7 Å². The van der Waals surface area contributed by atoms with E-state index in [-0.39, 0.29) is 12.4 Å². The predicted molar refractivity (Wildman–Crippen MR) is 65.6 cm³/mol. The molecule has 0 aliphatic rings. The summed E-state index contributed by atoms with van der Waals surface area (Å²) in [5.74, 6) is -0.0538. The van der Waals surface area contributed by atoms with E-state index in [1.54, 1.807) is 26.8 Å². The molecule has 0 spiro atoms. The SMILES string of the molecule is Cc1ccc(F)cc1OCCS(=O)(=O)C(C)C. The van der Waals surface area contributed by atoms with E-state index in [9.17, 15) is 12.8 Å². The summed E-state index contributed by atoms with van der Waals surface area (Å²) >= 11 is 0. The smallest absolute Gasteiger partial charge is 0.155 e. The van der Waals surface area contributed by atoms with Gasteiger partial charge in [-0.15, -0.1) is 0 Å². The molecule has 1 rings (SSSR count). The molecule has 0 aliphatic heterocycles. The molecule has 5 heteroatoms. The van der Waals surface area contributed by atoms with Gasteiger partial charge in [-0.25, -0.2) is 12.8 Å². The van der Waals surface area contributed by atoms with Gasteiger partial charge >= 0.3 is 0 Å². The molecule has 1 aromatic carbocycles. The number of halogens is 1. The molecular weight excluding hydrogens is 243 g/mol. The molecular formula is C12H17FO3S.